The lowest BCUT2D eigenvalue weighted by molar-refractivity contribution is -0.137. The Bertz CT molecular complexity index is 536. The summed E-state index contributed by atoms with van der Waals surface area (Å²) in [5.74, 6) is 0. The molecule has 0 heterocycles. The third-order valence-electron chi connectivity index (χ3n) is 2.58. The molecule has 0 fully saturated rings. The molecule has 0 aliphatic heterocycles. The normalized spacial score (nSPS) is 13.4. The minimum atomic E-state index is -4.45. The quantitative estimate of drug-likeness (QED) is 0.867. The highest BCUT2D eigenvalue weighted by Gasteiger charge is 2.30. The molecule has 1 atom stereocenters. The second-order valence-electron chi connectivity index (χ2n) is 5.79. The van der Waals surface area contributed by atoms with Crippen molar-refractivity contribution < 1.29 is 27.5 Å². The van der Waals surface area contributed by atoms with Crippen LogP contribution >= 0.6 is 0 Å². The van der Waals surface area contributed by atoms with Crippen molar-refractivity contribution >= 4 is 12.4 Å². The van der Waals surface area contributed by atoms with Crippen LogP contribution in [-0.4, -0.2) is 24.0 Å². The highest BCUT2D eigenvalue weighted by atomic mass is 19.4. The van der Waals surface area contributed by atoms with Gasteiger partial charge >= 0.3 is 12.3 Å². The Kier molecular flexibility index (Phi) is 5.57. The number of aldehydes is 1. The van der Waals surface area contributed by atoms with Crippen LogP contribution in [0, 0.1) is 0 Å². The van der Waals surface area contributed by atoms with Crippen molar-refractivity contribution in [2.75, 3.05) is 0 Å². The lowest BCUT2D eigenvalue weighted by atomic mass is 10.0. The van der Waals surface area contributed by atoms with Crippen molar-refractivity contribution in [1.29, 1.82) is 0 Å². The first-order valence-corrected chi connectivity index (χ1v) is 6.62. The molecule has 1 aromatic rings. The van der Waals surface area contributed by atoms with Crippen LogP contribution in [0.3, 0.4) is 0 Å². The van der Waals surface area contributed by atoms with Crippen LogP contribution in [0.1, 0.15) is 31.9 Å². The van der Waals surface area contributed by atoms with Crippen molar-refractivity contribution in [2.45, 2.75) is 45.0 Å². The van der Waals surface area contributed by atoms with Gasteiger partial charge in [-0.3, -0.25) is 0 Å². The molecular weight excluding hydrogens is 299 g/mol. The number of hydrogen-bond acceptors (Lipinski definition) is 3. The molecule has 122 valence electrons. The molecule has 0 aromatic heterocycles. The van der Waals surface area contributed by atoms with Crippen LogP contribution in [0.5, 0.6) is 0 Å². The minimum Gasteiger partial charge on any atom is -0.444 e. The fraction of sp³-hybridized carbons (Fsp3) is 0.467. The molecule has 0 radical (unpaired) electrons. The monoisotopic (exact) mass is 317 g/mol. The zero-order valence-corrected chi connectivity index (χ0v) is 12.5. The highest BCUT2D eigenvalue weighted by molar-refractivity contribution is 5.73. The van der Waals surface area contributed by atoms with Gasteiger partial charge in [-0.25, -0.2) is 4.79 Å². The number of amides is 1. The maximum Gasteiger partial charge on any atom is 0.416 e. The third-order valence-corrected chi connectivity index (χ3v) is 2.58. The van der Waals surface area contributed by atoms with Gasteiger partial charge in [0.2, 0.25) is 0 Å². The fourth-order valence-corrected chi connectivity index (χ4v) is 1.72. The molecule has 4 nitrogen and oxygen atoms in total. The molecular formula is C15H18F3NO3. The third kappa shape index (κ3) is 6.15. The lowest BCUT2D eigenvalue weighted by Crippen LogP contribution is -2.41. The van der Waals surface area contributed by atoms with E-state index in [0.29, 0.717) is 11.8 Å². The molecule has 22 heavy (non-hydrogen) atoms. The first-order chi connectivity index (χ1) is 10.0. The number of hydrogen-bond donors (Lipinski definition) is 1. The van der Waals surface area contributed by atoms with Gasteiger partial charge < -0.3 is 14.8 Å². The largest absolute Gasteiger partial charge is 0.444 e. The number of alkyl halides is 3. The Hall–Kier alpha value is -2.05. The van der Waals surface area contributed by atoms with Crippen molar-refractivity contribution in [3.63, 3.8) is 0 Å². The van der Waals surface area contributed by atoms with Gasteiger partial charge in [0.15, 0.2) is 0 Å². The van der Waals surface area contributed by atoms with Crippen LogP contribution in [0.25, 0.3) is 0 Å². The predicted molar refractivity (Wildman–Crippen MR) is 74.4 cm³/mol. The average molecular weight is 317 g/mol. The van der Waals surface area contributed by atoms with Crippen LogP contribution in [0.4, 0.5) is 18.0 Å². The van der Waals surface area contributed by atoms with Crippen molar-refractivity contribution in [3.8, 4) is 0 Å². The van der Waals surface area contributed by atoms with Gasteiger partial charge in [0.25, 0.3) is 0 Å². The number of carbonyl (C=O) groups is 2. The van der Waals surface area contributed by atoms with Gasteiger partial charge in [0, 0.05) is 0 Å². The molecule has 0 aliphatic carbocycles. The summed E-state index contributed by atoms with van der Waals surface area (Å²) < 4.78 is 42.9. The van der Waals surface area contributed by atoms with E-state index in [2.05, 4.69) is 5.32 Å². The molecule has 0 bridgehead atoms. The van der Waals surface area contributed by atoms with E-state index in [9.17, 15) is 22.8 Å². The number of nitrogens with one attached hydrogen (secondary N) is 1. The van der Waals surface area contributed by atoms with E-state index in [-0.39, 0.29) is 6.42 Å². The van der Waals surface area contributed by atoms with Crippen molar-refractivity contribution in [1.82, 2.24) is 5.32 Å². The van der Waals surface area contributed by atoms with Crippen LogP contribution < -0.4 is 5.32 Å². The number of benzene rings is 1. The number of alkyl carbamates (subject to hydrolysis) is 1. The maximum absolute atomic E-state index is 12.6. The van der Waals surface area contributed by atoms with Crippen LogP contribution in [0.2, 0.25) is 0 Å². The lowest BCUT2D eigenvalue weighted by Gasteiger charge is -2.21. The van der Waals surface area contributed by atoms with E-state index in [4.69, 9.17) is 4.74 Å². The van der Waals surface area contributed by atoms with Gasteiger partial charge in [0.1, 0.15) is 11.9 Å². The predicted octanol–water partition coefficient (Wildman–Crippen LogP) is 3.34. The van der Waals surface area contributed by atoms with Crippen LogP contribution in [-0.2, 0) is 22.1 Å². The SMILES string of the molecule is CC(C)(C)OC(=O)NC(C=O)Cc1cccc(C(F)(F)F)c1. The summed E-state index contributed by atoms with van der Waals surface area (Å²) in [5.41, 5.74) is -1.23. The van der Waals surface area contributed by atoms with Gasteiger partial charge in [-0.1, -0.05) is 18.2 Å². The first kappa shape index (κ1) is 18.0. The average Bonchev–Trinajstić information content (AvgIpc) is 2.35. The van der Waals surface area contributed by atoms with E-state index in [1.807, 2.05) is 0 Å². The zero-order chi connectivity index (χ0) is 17.0. The molecule has 7 heteroatoms. The molecule has 1 rings (SSSR count). The van der Waals surface area contributed by atoms with E-state index in [1.54, 1.807) is 20.8 Å². The second kappa shape index (κ2) is 6.81. The highest BCUT2D eigenvalue weighted by Crippen LogP contribution is 2.29. The molecule has 0 aliphatic rings. The van der Waals surface area contributed by atoms with Gasteiger partial charge in [-0.15, -0.1) is 0 Å². The Morgan fingerprint density at radius 1 is 1.32 bits per heavy atom. The summed E-state index contributed by atoms with van der Waals surface area (Å²) >= 11 is 0. The second-order valence-corrected chi connectivity index (χ2v) is 5.79. The summed E-state index contributed by atoms with van der Waals surface area (Å²) in [7, 11) is 0. The van der Waals surface area contributed by atoms with E-state index < -0.39 is 29.5 Å². The van der Waals surface area contributed by atoms with Gasteiger partial charge in [-0.2, -0.15) is 13.2 Å². The summed E-state index contributed by atoms with van der Waals surface area (Å²) in [6.45, 7) is 4.99. The Balaban J connectivity index is 2.75. The van der Waals surface area contributed by atoms with Crippen molar-refractivity contribution in [3.05, 3.63) is 35.4 Å². The number of carbonyl (C=O) groups excluding carboxylic acids is 2. The van der Waals surface area contributed by atoms with Gasteiger partial charge in [-0.05, 0) is 38.8 Å². The maximum atomic E-state index is 12.6. The minimum absolute atomic E-state index is 0.0489. The number of halogens is 3. The molecule has 0 saturated carbocycles. The fourth-order valence-electron chi connectivity index (χ4n) is 1.72. The van der Waals surface area contributed by atoms with Crippen LogP contribution in [0.15, 0.2) is 24.3 Å². The first-order valence-electron chi connectivity index (χ1n) is 6.62. The van der Waals surface area contributed by atoms with E-state index >= 15 is 0 Å². The smallest absolute Gasteiger partial charge is 0.416 e. The molecule has 1 unspecified atom stereocenters. The standard InChI is InChI=1S/C15H18F3NO3/c1-14(2,3)22-13(21)19-12(9-20)8-10-5-4-6-11(7-10)15(16,17)18/h4-7,9,12H,8H2,1-3H3,(H,19,21). The number of rotatable bonds is 4. The summed E-state index contributed by atoms with van der Waals surface area (Å²) in [4.78, 5) is 22.6. The molecule has 1 aromatic carbocycles. The van der Waals surface area contributed by atoms with E-state index in [0.717, 1.165) is 12.1 Å². The van der Waals surface area contributed by atoms with Crippen molar-refractivity contribution in [2.24, 2.45) is 0 Å². The molecule has 0 saturated heterocycles. The topological polar surface area (TPSA) is 55.4 Å². The summed E-state index contributed by atoms with van der Waals surface area (Å²) in [6.07, 6.45) is -4.83. The molecule has 1 amide bonds. The summed E-state index contributed by atoms with van der Waals surface area (Å²) in [5, 5.41) is 2.32. The van der Waals surface area contributed by atoms with E-state index in [1.165, 1.54) is 12.1 Å². The Morgan fingerprint density at radius 3 is 2.45 bits per heavy atom. The molecule has 1 N–H and O–H groups in total. The molecule has 0 spiro atoms. The zero-order valence-electron chi connectivity index (χ0n) is 12.5. The summed E-state index contributed by atoms with van der Waals surface area (Å²) in [6, 6.07) is 3.66. The number of ether oxygens (including phenoxy) is 1. The Morgan fingerprint density at radius 2 is 1.95 bits per heavy atom. The Labute approximate surface area is 126 Å². The van der Waals surface area contributed by atoms with Gasteiger partial charge in [0.05, 0.1) is 11.6 Å².